The van der Waals surface area contributed by atoms with Gasteiger partial charge < -0.3 is 10.1 Å². The van der Waals surface area contributed by atoms with Gasteiger partial charge >= 0.3 is 0 Å². The molecule has 1 N–H and O–H groups in total. The highest BCUT2D eigenvalue weighted by atomic mass is 35.5. The van der Waals surface area contributed by atoms with Gasteiger partial charge in [-0.2, -0.15) is 0 Å². The molecule has 1 aromatic heterocycles. The zero-order chi connectivity index (χ0) is 13.7. The van der Waals surface area contributed by atoms with Crippen LogP contribution in [0.25, 0.3) is 0 Å². The van der Waals surface area contributed by atoms with E-state index in [1.54, 1.807) is 13.3 Å². The minimum Gasteiger partial charge on any atom is -0.481 e. The number of halogens is 1. The second-order valence-electron chi connectivity index (χ2n) is 4.25. The Morgan fingerprint density at radius 3 is 2.47 bits per heavy atom. The second-order valence-corrected chi connectivity index (χ2v) is 4.68. The normalized spacial score (nSPS) is 11.9. The maximum atomic E-state index is 5.91. The van der Waals surface area contributed by atoms with Crippen molar-refractivity contribution in [3.05, 3.63) is 53.2 Å². The summed E-state index contributed by atoms with van der Waals surface area (Å²) in [6.07, 6.45) is 2.76. The number of pyridine rings is 1. The van der Waals surface area contributed by atoms with E-state index in [0.29, 0.717) is 5.88 Å². The standard InChI is InChI=1S/C15H17ClN2O/c1-3-14(11-4-6-12(16)7-5-11)18-13-8-9-15(19-2)17-10-13/h4-10,14,18H,3H2,1-2H3. The molecule has 0 radical (unpaired) electrons. The van der Waals surface area contributed by atoms with Gasteiger partial charge in [0.05, 0.1) is 25.0 Å². The average molecular weight is 277 g/mol. The molecule has 0 bridgehead atoms. The van der Waals surface area contributed by atoms with Gasteiger partial charge in [0.1, 0.15) is 0 Å². The number of ether oxygens (including phenoxy) is 1. The third-order valence-electron chi connectivity index (χ3n) is 2.97. The van der Waals surface area contributed by atoms with Crippen molar-refractivity contribution < 1.29 is 4.74 Å². The summed E-state index contributed by atoms with van der Waals surface area (Å²) in [6.45, 7) is 2.14. The molecular formula is C15H17ClN2O. The van der Waals surface area contributed by atoms with E-state index in [0.717, 1.165) is 17.1 Å². The number of hydrogen-bond donors (Lipinski definition) is 1. The van der Waals surface area contributed by atoms with Crippen molar-refractivity contribution in [1.82, 2.24) is 4.98 Å². The summed E-state index contributed by atoms with van der Waals surface area (Å²) in [6, 6.07) is 12.0. The van der Waals surface area contributed by atoms with Crippen LogP contribution in [0.3, 0.4) is 0 Å². The molecule has 2 aromatic rings. The Morgan fingerprint density at radius 1 is 1.21 bits per heavy atom. The molecular weight excluding hydrogens is 260 g/mol. The highest BCUT2D eigenvalue weighted by molar-refractivity contribution is 6.30. The summed E-state index contributed by atoms with van der Waals surface area (Å²) in [5.74, 6) is 0.616. The highest BCUT2D eigenvalue weighted by Crippen LogP contribution is 2.24. The molecule has 4 heteroatoms. The first kappa shape index (κ1) is 13.7. The molecule has 1 unspecified atom stereocenters. The molecule has 0 aliphatic heterocycles. The zero-order valence-electron chi connectivity index (χ0n) is 11.1. The van der Waals surface area contributed by atoms with Crippen LogP contribution in [0, 0.1) is 0 Å². The molecule has 2 rings (SSSR count). The molecule has 100 valence electrons. The molecule has 19 heavy (non-hydrogen) atoms. The number of aromatic nitrogens is 1. The van der Waals surface area contributed by atoms with E-state index < -0.39 is 0 Å². The van der Waals surface area contributed by atoms with E-state index in [-0.39, 0.29) is 6.04 Å². The van der Waals surface area contributed by atoms with E-state index in [2.05, 4.69) is 17.2 Å². The Bertz CT molecular complexity index is 511. The van der Waals surface area contributed by atoms with E-state index >= 15 is 0 Å². The van der Waals surface area contributed by atoms with Gasteiger partial charge in [0.25, 0.3) is 0 Å². The number of methoxy groups -OCH3 is 1. The van der Waals surface area contributed by atoms with E-state index in [9.17, 15) is 0 Å². The van der Waals surface area contributed by atoms with Gasteiger partial charge in [-0.3, -0.25) is 0 Å². The summed E-state index contributed by atoms with van der Waals surface area (Å²) < 4.78 is 5.04. The van der Waals surface area contributed by atoms with Crippen LogP contribution in [0.2, 0.25) is 5.02 Å². The van der Waals surface area contributed by atoms with Crippen LogP contribution in [0.1, 0.15) is 24.9 Å². The molecule has 0 spiro atoms. The van der Waals surface area contributed by atoms with Crippen molar-refractivity contribution in [1.29, 1.82) is 0 Å². The molecule has 0 aliphatic carbocycles. The Kier molecular flexibility index (Phi) is 4.63. The molecule has 0 amide bonds. The number of nitrogens with one attached hydrogen (secondary N) is 1. The smallest absolute Gasteiger partial charge is 0.213 e. The SMILES string of the molecule is CCC(Nc1ccc(OC)nc1)c1ccc(Cl)cc1. The van der Waals surface area contributed by atoms with E-state index in [1.807, 2.05) is 36.4 Å². The van der Waals surface area contributed by atoms with Crippen LogP contribution in [-0.4, -0.2) is 12.1 Å². The largest absolute Gasteiger partial charge is 0.481 e. The van der Waals surface area contributed by atoms with Crippen molar-refractivity contribution >= 4 is 17.3 Å². The van der Waals surface area contributed by atoms with E-state index in [1.165, 1.54) is 5.56 Å². The van der Waals surface area contributed by atoms with Gasteiger partial charge in [0.15, 0.2) is 0 Å². The van der Waals surface area contributed by atoms with Crippen LogP contribution in [0.4, 0.5) is 5.69 Å². The minimum absolute atomic E-state index is 0.243. The fraction of sp³-hybridized carbons (Fsp3) is 0.267. The first-order valence-electron chi connectivity index (χ1n) is 6.25. The minimum atomic E-state index is 0.243. The third kappa shape index (κ3) is 3.61. The van der Waals surface area contributed by atoms with Crippen molar-refractivity contribution in [3.63, 3.8) is 0 Å². The Hall–Kier alpha value is -1.74. The number of anilines is 1. The van der Waals surface area contributed by atoms with Crippen LogP contribution < -0.4 is 10.1 Å². The number of rotatable bonds is 5. The lowest BCUT2D eigenvalue weighted by Gasteiger charge is -2.18. The van der Waals surface area contributed by atoms with Gasteiger partial charge in [-0.25, -0.2) is 4.98 Å². The van der Waals surface area contributed by atoms with Gasteiger partial charge in [-0.05, 0) is 30.2 Å². The summed E-state index contributed by atoms with van der Waals surface area (Å²) in [5.41, 5.74) is 2.19. The molecule has 0 saturated carbocycles. The van der Waals surface area contributed by atoms with Crippen LogP contribution in [-0.2, 0) is 0 Å². The lowest BCUT2D eigenvalue weighted by molar-refractivity contribution is 0.398. The van der Waals surface area contributed by atoms with E-state index in [4.69, 9.17) is 16.3 Å². The number of hydrogen-bond acceptors (Lipinski definition) is 3. The summed E-state index contributed by atoms with van der Waals surface area (Å²) in [5, 5.41) is 4.21. The fourth-order valence-corrected chi connectivity index (χ4v) is 2.03. The number of benzene rings is 1. The zero-order valence-corrected chi connectivity index (χ0v) is 11.8. The highest BCUT2D eigenvalue weighted by Gasteiger charge is 2.09. The van der Waals surface area contributed by atoms with Gasteiger partial charge in [0, 0.05) is 11.1 Å². The van der Waals surface area contributed by atoms with Crippen molar-refractivity contribution in [2.75, 3.05) is 12.4 Å². The van der Waals surface area contributed by atoms with Crippen molar-refractivity contribution in [2.24, 2.45) is 0 Å². The molecule has 0 aliphatic rings. The van der Waals surface area contributed by atoms with Crippen LogP contribution in [0.15, 0.2) is 42.6 Å². The van der Waals surface area contributed by atoms with Crippen LogP contribution >= 0.6 is 11.6 Å². The van der Waals surface area contributed by atoms with Crippen LogP contribution in [0.5, 0.6) is 5.88 Å². The van der Waals surface area contributed by atoms with Crippen molar-refractivity contribution in [2.45, 2.75) is 19.4 Å². The van der Waals surface area contributed by atoms with Gasteiger partial charge in [-0.1, -0.05) is 30.7 Å². The molecule has 1 aromatic carbocycles. The lowest BCUT2D eigenvalue weighted by atomic mass is 10.0. The van der Waals surface area contributed by atoms with Crippen molar-refractivity contribution in [3.8, 4) is 5.88 Å². The fourth-order valence-electron chi connectivity index (χ4n) is 1.90. The first-order chi connectivity index (χ1) is 9.22. The molecule has 1 atom stereocenters. The Morgan fingerprint density at radius 2 is 1.95 bits per heavy atom. The molecule has 1 heterocycles. The first-order valence-corrected chi connectivity index (χ1v) is 6.62. The third-order valence-corrected chi connectivity index (χ3v) is 3.22. The average Bonchev–Trinajstić information content (AvgIpc) is 2.46. The molecule has 3 nitrogen and oxygen atoms in total. The Balaban J connectivity index is 2.11. The topological polar surface area (TPSA) is 34.1 Å². The summed E-state index contributed by atoms with van der Waals surface area (Å²) in [4.78, 5) is 4.19. The predicted octanol–water partition coefficient (Wildman–Crippen LogP) is 4.31. The molecule has 0 fully saturated rings. The van der Waals surface area contributed by atoms with Gasteiger partial charge in [-0.15, -0.1) is 0 Å². The quantitative estimate of drug-likeness (QED) is 0.884. The number of nitrogens with zero attached hydrogens (tertiary/aromatic N) is 1. The maximum Gasteiger partial charge on any atom is 0.213 e. The van der Waals surface area contributed by atoms with Gasteiger partial charge in [0.2, 0.25) is 5.88 Å². The monoisotopic (exact) mass is 276 g/mol. The maximum absolute atomic E-state index is 5.91. The molecule has 0 saturated heterocycles. The summed E-state index contributed by atoms with van der Waals surface area (Å²) in [7, 11) is 1.61. The second kappa shape index (κ2) is 6.43. The predicted molar refractivity (Wildman–Crippen MR) is 78.9 cm³/mol. The Labute approximate surface area is 118 Å². The summed E-state index contributed by atoms with van der Waals surface area (Å²) >= 11 is 5.91. The lowest BCUT2D eigenvalue weighted by Crippen LogP contribution is -2.09.